The zero-order chi connectivity index (χ0) is 22.0. The molecule has 0 fully saturated rings. The van der Waals surface area contributed by atoms with Gasteiger partial charge in [-0.05, 0) is 12.1 Å². The molecule has 3 aromatic rings. The molecule has 0 bridgehead atoms. The second-order valence-electron chi connectivity index (χ2n) is 5.81. The molecule has 0 radical (unpaired) electrons. The van der Waals surface area contributed by atoms with Crippen LogP contribution in [0.4, 0.5) is 9.57 Å². The van der Waals surface area contributed by atoms with Crippen LogP contribution in [0.3, 0.4) is 0 Å². The minimum atomic E-state index is -5.42. The molecule has 0 heterocycles. The molecule has 6 nitrogen and oxygen atoms in total. The summed E-state index contributed by atoms with van der Waals surface area (Å²) in [4.78, 5) is 0. The second kappa shape index (κ2) is 10.7. The Labute approximate surface area is 174 Å². The van der Waals surface area contributed by atoms with Gasteiger partial charge in [0.15, 0.2) is 12.3 Å². The molecule has 0 amide bonds. The van der Waals surface area contributed by atoms with Crippen molar-refractivity contribution in [3.05, 3.63) is 108 Å². The Morgan fingerprint density at radius 3 is 1.83 bits per heavy atom. The molecule has 30 heavy (non-hydrogen) atoms. The summed E-state index contributed by atoms with van der Waals surface area (Å²) in [7, 11) is -5.42. The first-order valence-electron chi connectivity index (χ1n) is 8.58. The van der Waals surface area contributed by atoms with E-state index in [9.17, 15) is 14.3 Å². The first-order valence-corrected chi connectivity index (χ1v) is 9.89. The maximum Gasteiger partial charge on any atom is 0.332 e. The molecule has 0 spiro atoms. The van der Waals surface area contributed by atoms with Gasteiger partial charge in [0.05, 0.1) is 0 Å². The average Bonchev–Trinajstić information content (AvgIpc) is 2.74. The van der Waals surface area contributed by atoms with Crippen molar-refractivity contribution in [3.8, 4) is 6.07 Å². The number of hydrogen-bond donors (Lipinski definition) is 1. The Morgan fingerprint density at radius 2 is 1.37 bits per heavy atom. The number of aliphatic hydroxyl groups excluding tert-OH is 1. The number of halogens is 1. The van der Waals surface area contributed by atoms with Gasteiger partial charge in [0, 0.05) is 23.3 Å². The fourth-order valence-electron chi connectivity index (χ4n) is 2.50. The highest BCUT2D eigenvalue weighted by molar-refractivity contribution is 7.80. The molecular weight excluding hydrogens is 407 g/mol. The molecule has 0 saturated carbocycles. The summed E-state index contributed by atoms with van der Waals surface area (Å²) in [6.45, 7) is 0. The lowest BCUT2D eigenvalue weighted by Gasteiger charge is -2.04. The van der Waals surface area contributed by atoms with E-state index in [0.717, 1.165) is 11.3 Å². The maximum absolute atomic E-state index is 10.7. The van der Waals surface area contributed by atoms with Gasteiger partial charge in [-0.2, -0.15) is 5.26 Å². The number of aliphatic hydroxyl groups is 1. The highest BCUT2D eigenvalue weighted by Crippen LogP contribution is 2.22. The third kappa shape index (κ3) is 7.31. The van der Waals surface area contributed by atoms with Crippen molar-refractivity contribution in [1.82, 2.24) is 0 Å². The number of nitriles is 1. The molecule has 0 aliphatic heterocycles. The molecular formula is C22H17FN2O4S. The van der Waals surface area contributed by atoms with E-state index in [2.05, 4.69) is 6.07 Å². The highest BCUT2D eigenvalue weighted by atomic mass is 32.3. The van der Waals surface area contributed by atoms with Crippen LogP contribution in [-0.4, -0.2) is 28.9 Å². The summed E-state index contributed by atoms with van der Waals surface area (Å²) in [5.41, 5.74) is 2.49. The fourth-order valence-corrected chi connectivity index (χ4v) is 2.50. The lowest BCUT2D eigenvalue weighted by molar-refractivity contribution is -0.370. The van der Waals surface area contributed by atoms with Crippen molar-refractivity contribution in [3.63, 3.8) is 0 Å². The van der Waals surface area contributed by atoms with E-state index in [4.69, 9.17) is 13.0 Å². The molecule has 0 unspecified atom stereocenters. The van der Waals surface area contributed by atoms with Gasteiger partial charge in [-0.15, -0.1) is 8.46 Å². The normalized spacial score (nSPS) is 12.1. The van der Waals surface area contributed by atoms with Gasteiger partial charge in [0.2, 0.25) is 11.4 Å². The molecule has 0 saturated heterocycles. The predicted molar refractivity (Wildman–Crippen MR) is 110 cm³/mol. The van der Waals surface area contributed by atoms with Crippen molar-refractivity contribution in [2.75, 3.05) is 0 Å². The molecule has 1 N–H and O–H groups in total. The Morgan fingerprint density at radius 1 is 0.933 bits per heavy atom. The molecule has 0 atom stereocenters. The number of hydrogen-bond acceptors (Lipinski definition) is 5. The van der Waals surface area contributed by atoms with Gasteiger partial charge < -0.3 is 9.66 Å². The zero-order valence-electron chi connectivity index (χ0n) is 15.6. The monoisotopic (exact) mass is 424 g/mol. The smallest absolute Gasteiger partial charge is 0.332 e. The van der Waals surface area contributed by atoms with Crippen LogP contribution in [0, 0.1) is 11.3 Å². The van der Waals surface area contributed by atoms with Crippen molar-refractivity contribution < 1.29 is 26.5 Å². The number of para-hydroxylation sites is 1. The summed E-state index contributed by atoms with van der Waals surface area (Å²) < 4.78 is 37.0. The predicted octanol–water partition coefficient (Wildman–Crippen LogP) is 4.32. The van der Waals surface area contributed by atoms with Gasteiger partial charge in [0.1, 0.15) is 0 Å². The highest BCUT2D eigenvalue weighted by Gasteiger charge is 2.22. The van der Waals surface area contributed by atoms with E-state index >= 15 is 0 Å². The van der Waals surface area contributed by atoms with Crippen LogP contribution in [0.15, 0.2) is 96.7 Å². The van der Waals surface area contributed by atoms with E-state index in [0.29, 0.717) is 5.56 Å². The molecule has 8 heteroatoms. The number of allylic oxidation sites excluding steroid dienone is 1. The average molecular weight is 424 g/mol. The fraction of sp³-hybridized carbons (Fsp3) is 0. The van der Waals surface area contributed by atoms with Crippen LogP contribution in [0.1, 0.15) is 11.1 Å². The van der Waals surface area contributed by atoms with Crippen LogP contribution in [-0.2, 0) is 10.5 Å². The Hall–Kier alpha value is -3.80. The largest absolute Gasteiger partial charge is 0.722 e. The van der Waals surface area contributed by atoms with Gasteiger partial charge in [-0.25, -0.2) is 8.42 Å². The van der Waals surface area contributed by atoms with Crippen molar-refractivity contribution in [2.24, 2.45) is 0 Å². The van der Waals surface area contributed by atoms with Crippen LogP contribution < -0.4 is 0 Å². The minimum absolute atomic E-state index is 0.0564. The van der Waals surface area contributed by atoms with E-state index < -0.39 is 10.5 Å². The van der Waals surface area contributed by atoms with Gasteiger partial charge in [0.25, 0.3) is 10.5 Å². The Balaban J connectivity index is 0.000000575. The quantitative estimate of drug-likeness (QED) is 0.168. The van der Waals surface area contributed by atoms with Gasteiger partial charge >= 0.3 is 5.70 Å². The third-order valence-corrected chi connectivity index (χ3v) is 3.73. The summed E-state index contributed by atoms with van der Waals surface area (Å²) in [5, 5.41) is 20.4. The van der Waals surface area contributed by atoms with E-state index in [1.165, 1.54) is 0 Å². The first-order chi connectivity index (χ1) is 14.3. The molecule has 3 aromatic carbocycles. The lowest BCUT2D eigenvalue weighted by Crippen LogP contribution is -2.09. The Bertz CT molecular complexity index is 1160. The van der Waals surface area contributed by atoms with E-state index in [1.807, 2.05) is 85.1 Å². The SMILES string of the molecule is N#C/C(=C(/O)c1ccccc1)[N+](=Cc1ccccc1)c1ccccc1.O=S(=O)([O-])F. The summed E-state index contributed by atoms with van der Waals surface area (Å²) in [5.74, 6) is -0.0564. The zero-order valence-corrected chi connectivity index (χ0v) is 16.4. The first kappa shape index (κ1) is 22.5. The third-order valence-electron chi connectivity index (χ3n) is 3.73. The standard InChI is InChI=1S/C22H16N2O.FHO3S/c23-16-21(22(25)19-12-6-2-7-13-19)24(20-14-8-3-9-15-20)17-18-10-4-1-5-11-18;1-5(2,3)4/h1-15,17H;(H,2,3,4)/b22-21-,24-17?;. The number of benzene rings is 3. The molecule has 0 aromatic heterocycles. The van der Waals surface area contributed by atoms with Crippen LogP contribution in [0.5, 0.6) is 0 Å². The van der Waals surface area contributed by atoms with Crippen LogP contribution >= 0.6 is 0 Å². The molecule has 3 rings (SSSR count). The van der Waals surface area contributed by atoms with Crippen molar-refractivity contribution in [1.29, 1.82) is 5.26 Å². The van der Waals surface area contributed by atoms with E-state index in [1.54, 1.807) is 16.7 Å². The summed E-state index contributed by atoms with van der Waals surface area (Å²) in [6, 6.07) is 30.4. The topological polar surface area (TPSA) is 104 Å². The lowest BCUT2D eigenvalue weighted by atomic mass is 10.1. The number of rotatable bonds is 4. The van der Waals surface area contributed by atoms with Crippen LogP contribution in [0.25, 0.3) is 5.76 Å². The van der Waals surface area contributed by atoms with Gasteiger partial charge in [-0.3, -0.25) is 0 Å². The minimum Gasteiger partial charge on any atom is -0.722 e. The molecule has 152 valence electrons. The van der Waals surface area contributed by atoms with E-state index in [-0.39, 0.29) is 11.5 Å². The number of nitrogens with zero attached hydrogens (tertiary/aromatic N) is 2. The summed E-state index contributed by atoms with van der Waals surface area (Å²) in [6.07, 6.45) is 1.84. The Kier molecular flexibility index (Phi) is 7.99. The van der Waals surface area contributed by atoms with Crippen molar-refractivity contribution in [2.45, 2.75) is 0 Å². The maximum atomic E-state index is 10.7. The second-order valence-corrected chi connectivity index (χ2v) is 6.60. The molecule has 0 aliphatic rings. The summed E-state index contributed by atoms with van der Waals surface area (Å²) >= 11 is 0. The van der Waals surface area contributed by atoms with Gasteiger partial charge in [-0.1, -0.05) is 66.7 Å². The molecule has 0 aliphatic carbocycles. The van der Waals surface area contributed by atoms with Crippen LogP contribution in [0.2, 0.25) is 0 Å². The van der Waals surface area contributed by atoms with Crippen molar-refractivity contribution >= 4 is 28.2 Å².